The number of aromatic nitrogens is 1. The van der Waals surface area contributed by atoms with E-state index in [0.29, 0.717) is 16.6 Å². The molecule has 82 valence electrons. The first-order chi connectivity index (χ1) is 7.04. The van der Waals surface area contributed by atoms with Crippen LogP contribution in [-0.2, 0) is 0 Å². The molecule has 2 heterocycles. The van der Waals surface area contributed by atoms with E-state index < -0.39 is 0 Å². The molecule has 1 aromatic rings. The zero-order valence-electron chi connectivity index (χ0n) is 9.95. The molecular weight excluding hydrogens is 202 g/mol. The third kappa shape index (κ3) is 1.92. The van der Waals surface area contributed by atoms with Crippen LogP contribution in [0, 0.1) is 5.41 Å². The van der Waals surface area contributed by atoms with Crippen LogP contribution in [0.3, 0.4) is 0 Å². The van der Waals surface area contributed by atoms with Gasteiger partial charge in [0.1, 0.15) is 0 Å². The first kappa shape index (κ1) is 11.0. The summed E-state index contributed by atoms with van der Waals surface area (Å²) in [6, 6.07) is 4.32. The van der Waals surface area contributed by atoms with Crippen molar-refractivity contribution in [3.05, 3.63) is 23.9 Å². The molecular formula is C13H19NS. The number of nitrogens with zero attached hydrogens (tertiary/aromatic N) is 1. The number of hydrogen-bond donors (Lipinski definition) is 0. The summed E-state index contributed by atoms with van der Waals surface area (Å²) < 4.78 is 0. The maximum absolute atomic E-state index is 4.48. The Labute approximate surface area is 96.7 Å². The Balaban J connectivity index is 2.43. The largest absolute Gasteiger partial charge is 0.250 e. The van der Waals surface area contributed by atoms with Gasteiger partial charge in [-0.1, -0.05) is 33.8 Å². The van der Waals surface area contributed by atoms with E-state index in [2.05, 4.69) is 44.8 Å². The maximum atomic E-state index is 4.48. The average molecular weight is 221 g/mol. The van der Waals surface area contributed by atoms with E-state index >= 15 is 0 Å². The van der Waals surface area contributed by atoms with Gasteiger partial charge < -0.3 is 0 Å². The summed E-state index contributed by atoms with van der Waals surface area (Å²) >= 11 is 1.96. The van der Waals surface area contributed by atoms with E-state index in [9.17, 15) is 0 Å². The lowest BCUT2D eigenvalue weighted by Crippen LogP contribution is -2.24. The van der Waals surface area contributed by atoms with Crippen molar-refractivity contribution in [2.45, 2.75) is 50.3 Å². The van der Waals surface area contributed by atoms with Crippen molar-refractivity contribution in [3.63, 3.8) is 0 Å². The van der Waals surface area contributed by atoms with Gasteiger partial charge in [-0.15, -0.1) is 11.8 Å². The standard InChI is InChI=1S/C13H19NS/c1-5-10-11(13(2,3)4)9-7-6-8-14-12(9)15-10/h6-8,10-11H,5H2,1-4H3. The van der Waals surface area contributed by atoms with E-state index in [1.807, 2.05) is 18.0 Å². The van der Waals surface area contributed by atoms with Gasteiger partial charge in [-0.3, -0.25) is 0 Å². The molecule has 0 bridgehead atoms. The molecule has 0 aromatic carbocycles. The minimum Gasteiger partial charge on any atom is -0.250 e. The van der Waals surface area contributed by atoms with Gasteiger partial charge in [-0.05, 0) is 23.5 Å². The zero-order chi connectivity index (χ0) is 11.1. The summed E-state index contributed by atoms with van der Waals surface area (Å²) in [5.74, 6) is 0.649. The summed E-state index contributed by atoms with van der Waals surface area (Å²) in [7, 11) is 0. The molecule has 1 aromatic heterocycles. The molecule has 0 radical (unpaired) electrons. The molecule has 0 amide bonds. The Bertz CT molecular complexity index is 354. The fraction of sp³-hybridized carbons (Fsp3) is 0.615. The molecule has 0 saturated heterocycles. The summed E-state index contributed by atoms with van der Waals surface area (Å²) in [6.45, 7) is 9.29. The van der Waals surface area contributed by atoms with Gasteiger partial charge >= 0.3 is 0 Å². The topological polar surface area (TPSA) is 12.9 Å². The predicted octanol–water partition coefficient (Wildman–Crippen LogP) is 4.10. The first-order valence-electron chi connectivity index (χ1n) is 5.65. The monoisotopic (exact) mass is 221 g/mol. The highest BCUT2D eigenvalue weighted by molar-refractivity contribution is 8.00. The van der Waals surface area contributed by atoms with Crippen LogP contribution in [0.1, 0.15) is 45.6 Å². The fourth-order valence-electron chi connectivity index (χ4n) is 2.49. The van der Waals surface area contributed by atoms with Crippen LogP contribution in [0.2, 0.25) is 0 Å². The molecule has 2 heteroatoms. The van der Waals surface area contributed by atoms with Gasteiger partial charge in [-0.25, -0.2) is 4.98 Å². The lowest BCUT2D eigenvalue weighted by Gasteiger charge is -2.31. The van der Waals surface area contributed by atoms with Crippen molar-refractivity contribution in [1.29, 1.82) is 0 Å². The summed E-state index contributed by atoms with van der Waals surface area (Å²) in [5.41, 5.74) is 1.80. The Kier molecular flexibility index (Phi) is 2.80. The number of fused-ring (bicyclic) bond motifs is 1. The van der Waals surface area contributed by atoms with Crippen LogP contribution in [0.25, 0.3) is 0 Å². The molecule has 2 atom stereocenters. The molecule has 0 saturated carbocycles. The molecule has 2 rings (SSSR count). The molecule has 1 aliphatic rings. The van der Waals surface area contributed by atoms with Gasteiger partial charge in [0.2, 0.25) is 0 Å². The normalized spacial score (nSPS) is 25.3. The Morgan fingerprint density at radius 2 is 2.13 bits per heavy atom. The lowest BCUT2D eigenvalue weighted by atomic mass is 9.74. The van der Waals surface area contributed by atoms with Gasteiger partial charge in [0.15, 0.2) is 0 Å². The number of hydrogen-bond acceptors (Lipinski definition) is 2. The van der Waals surface area contributed by atoms with Crippen molar-refractivity contribution < 1.29 is 0 Å². The van der Waals surface area contributed by atoms with E-state index in [1.54, 1.807) is 0 Å². The fourth-order valence-corrected chi connectivity index (χ4v) is 4.09. The second kappa shape index (κ2) is 3.82. The van der Waals surface area contributed by atoms with Crippen molar-refractivity contribution in [2.75, 3.05) is 0 Å². The van der Waals surface area contributed by atoms with Crippen molar-refractivity contribution in [2.24, 2.45) is 5.41 Å². The molecule has 0 N–H and O–H groups in total. The highest BCUT2D eigenvalue weighted by Crippen LogP contribution is 2.52. The smallest absolute Gasteiger partial charge is 0.0998 e. The molecule has 0 fully saturated rings. The Morgan fingerprint density at radius 3 is 2.73 bits per heavy atom. The quantitative estimate of drug-likeness (QED) is 0.708. The van der Waals surface area contributed by atoms with Gasteiger partial charge in [0.05, 0.1) is 5.03 Å². The van der Waals surface area contributed by atoms with Crippen molar-refractivity contribution in [1.82, 2.24) is 4.98 Å². The highest BCUT2D eigenvalue weighted by atomic mass is 32.2. The number of rotatable bonds is 1. The second-order valence-corrected chi connectivity index (χ2v) is 6.53. The lowest BCUT2D eigenvalue weighted by molar-refractivity contribution is 0.311. The third-order valence-electron chi connectivity index (χ3n) is 3.11. The van der Waals surface area contributed by atoms with Crippen molar-refractivity contribution >= 4 is 11.8 Å². The van der Waals surface area contributed by atoms with Crippen LogP contribution in [0.15, 0.2) is 23.4 Å². The van der Waals surface area contributed by atoms with E-state index in [0.717, 1.165) is 0 Å². The van der Waals surface area contributed by atoms with Gasteiger partial charge in [0.25, 0.3) is 0 Å². The average Bonchev–Trinajstić information content (AvgIpc) is 2.54. The minimum absolute atomic E-state index is 0.335. The van der Waals surface area contributed by atoms with E-state index in [4.69, 9.17) is 0 Å². The molecule has 1 nitrogen and oxygen atoms in total. The Morgan fingerprint density at radius 1 is 1.40 bits per heavy atom. The zero-order valence-corrected chi connectivity index (χ0v) is 10.8. The molecule has 0 aliphatic carbocycles. The second-order valence-electron chi connectivity index (χ2n) is 5.31. The number of thioether (sulfide) groups is 1. The number of pyridine rings is 1. The first-order valence-corrected chi connectivity index (χ1v) is 6.53. The molecule has 15 heavy (non-hydrogen) atoms. The van der Waals surface area contributed by atoms with Gasteiger partial charge in [0, 0.05) is 17.4 Å². The highest BCUT2D eigenvalue weighted by Gasteiger charge is 2.40. The van der Waals surface area contributed by atoms with Crippen LogP contribution in [0.4, 0.5) is 0 Å². The Hall–Kier alpha value is -0.500. The SMILES string of the molecule is CCC1Sc2ncccc2C1C(C)(C)C. The van der Waals surface area contributed by atoms with Crippen LogP contribution >= 0.6 is 11.8 Å². The van der Waals surface area contributed by atoms with E-state index in [1.165, 1.54) is 17.0 Å². The summed E-state index contributed by atoms with van der Waals surface area (Å²) in [4.78, 5) is 4.48. The van der Waals surface area contributed by atoms with E-state index in [-0.39, 0.29) is 0 Å². The third-order valence-corrected chi connectivity index (χ3v) is 4.58. The predicted molar refractivity (Wildman–Crippen MR) is 66.4 cm³/mol. The summed E-state index contributed by atoms with van der Waals surface area (Å²) in [5, 5.41) is 1.96. The minimum atomic E-state index is 0.335. The maximum Gasteiger partial charge on any atom is 0.0998 e. The van der Waals surface area contributed by atoms with Crippen molar-refractivity contribution in [3.8, 4) is 0 Å². The van der Waals surface area contributed by atoms with Crippen LogP contribution < -0.4 is 0 Å². The molecule has 0 spiro atoms. The van der Waals surface area contributed by atoms with Gasteiger partial charge in [-0.2, -0.15) is 0 Å². The molecule has 2 unspecified atom stereocenters. The molecule has 1 aliphatic heterocycles. The van der Waals surface area contributed by atoms with Crippen LogP contribution in [0.5, 0.6) is 0 Å². The van der Waals surface area contributed by atoms with Crippen LogP contribution in [-0.4, -0.2) is 10.2 Å². The summed E-state index contributed by atoms with van der Waals surface area (Å²) in [6.07, 6.45) is 3.13.